The molecular weight excluding hydrogens is 324 g/mol. The molecule has 8 heteroatoms. The van der Waals surface area contributed by atoms with E-state index in [9.17, 15) is 9.59 Å². The molecule has 0 N–H and O–H groups in total. The number of nitrogens with zero attached hydrogens (tertiary/aromatic N) is 4. The van der Waals surface area contributed by atoms with E-state index in [1.807, 2.05) is 35.9 Å². The molecule has 8 nitrogen and oxygen atoms in total. The molecule has 0 radical (unpaired) electrons. The zero-order valence-corrected chi connectivity index (χ0v) is 14.4. The average Bonchev–Trinajstić information content (AvgIpc) is 2.96. The van der Waals surface area contributed by atoms with Gasteiger partial charge in [0.1, 0.15) is 0 Å². The second-order valence-corrected chi connectivity index (χ2v) is 5.39. The number of rotatable bonds is 4. The number of para-hydroxylation sites is 2. The first-order valence-corrected chi connectivity index (χ1v) is 7.73. The molecule has 0 amide bonds. The number of imidazole rings is 1. The molecule has 0 aliphatic carbocycles. The fourth-order valence-corrected chi connectivity index (χ4v) is 2.64. The van der Waals surface area contributed by atoms with Gasteiger partial charge in [-0.05, 0) is 19.1 Å². The predicted octanol–water partition coefficient (Wildman–Crippen LogP) is 1.52. The summed E-state index contributed by atoms with van der Waals surface area (Å²) in [4.78, 5) is 33.6. The maximum absolute atomic E-state index is 12.7. The van der Waals surface area contributed by atoms with Crippen LogP contribution in [0.1, 0.15) is 17.4 Å². The number of hydrogen-bond acceptors (Lipinski definition) is 6. The summed E-state index contributed by atoms with van der Waals surface area (Å²) >= 11 is 0. The fourth-order valence-electron chi connectivity index (χ4n) is 2.64. The number of benzene rings is 1. The Morgan fingerprint density at radius 3 is 2.44 bits per heavy atom. The van der Waals surface area contributed by atoms with Gasteiger partial charge in [0, 0.05) is 14.1 Å². The molecule has 2 heterocycles. The van der Waals surface area contributed by atoms with Crippen LogP contribution in [0.5, 0.6) is 5.75 Å². The number of carbonyl (C=O) groups is 1. The molecule has 0 saturated heterocycles. The summed E-state index contributed by atoms with van der Waals surface area (Å²) in [5.74, 6) is -0.137. The van der Waals surface area contributed by atoms with Crippen LogP contribution in [-0.2, 0) is 18.8 Å². The van der Waals surface area contributed by atoms with Gasteiger partial charge in [-0.3, -0.25) is 9.36 Å². The van der Waals surface area contributed by atoms with Crippen LogP contribution in [0.25, 0.3) is 22.7 Å². The van der Waals surface area contributed by atoms with E-state index in [0.29, 0.717) is 5.82 Å². The lowest BCUT2D eigenvalue weighted by Crippen LogP contribution is -2.27. The lowest BCUT2D eigenvalue weighted by atomic mass is 10.3. The first kappa shape index (κ1) is 16.7. The molecule has 0 bridgehead atoms. The molecular formula is C17H18N4O4. The minimum Gasteiger partial charge on any atom is -0.486 e. The monoisotopic (exact) mass is 342 g/mol. The number of esters is 1. The first-order chi connectivity index (χ1) is 12.0. The highest BCUT2D eigenvalue weighted by Gasteiger charge is 2.25. The molecule has 3 rings (SSSR count). The van der Waals surface area contributed by atoms with Gasteiger partial charge < -0.3 is 14.0 Å². The molecule has 3 aromatic rings. The second kappa shape index (κ2) is 6.39. The molecule has 2 aromatic heterocycles. The highest BCUT2D eigenvalue weighted by atomic mass is 16.5. The summed E-state index contributed by atoms with van der Waals surface area (Å²) in [7, 11) is 4.62. The van der Waals surface area contributed by atoms with Crippen molar-refractivity contribution >= 4 is 17.0 Å². The summed E-state index contributed by atoms with van der Waals surface area (Å²) in [6.07, 6.45) is 0. The van der Waals surface area contributed by atoms with E-state index in [0.717, 1.165) is 11.0 Å². The summed E-state index contributed by atoms with van der Waals surface area (Å²) < 4.78 is 13.2. The van der Waals surface area contributed by atoms with Crippen molar-refractivity contribution in [3.05, 3.63) is 40.3 Å². The minimum absolute atomic E-state index is 0.126. The van der Waals surface area contributed by atoms with E-state index in [1.165, 1.54) is 11.7 Å². The van der Waals surface area contributed by atoms with Crippen molar-refractivity contribution in [1.29, 1.82) is 0 Å². The normalized spacial score (nSPS) is 10.9. The Balaban J connectivity index is 2.32. The Hall–Kier alpha value is -3.16. The summed E-state index contributed by atoms with van der Waals surface area (Å²) in [5.41, 5.74) is 1.02. The van der Waals surface area contributed by atoms with Crippen LogP contribution < -0.4 is 10.3 Å². The van der Waals surface area contributed by atoms with E-state index < -0.39 is 11.5 Å². The second-order valence-electron chi connectivity index (χ2n) is 5.39. The SMILES string of the molecule is CCOc1c(C(=O)OC)nc(-c2nc3ccccc3n2C)n(C)c1=O. The van der Waals surface area contributed by atoms with E-state index in [4.69, 9.17) is 9.47 Å². The molecule has 25 heavy (non-hydrogen) atoms. The van der Waals surface area contributed by atoms with Gasteiger partial charge in [-0.1, -0.05) is 12.1 Å². The van der Waals surface area contributed by atoms with Crippen LogP contribution in [0.3, 0.4) is 0 Å². The van der Waals surface area contributed by atoms with Gasteiger partial charge in [-0.15, -0.1) is 0 Å². The summed E-state index contributed by atoms with van der Waals surface area (Å²) in [6.45, 7) is 1.95. The molecule has 1 aromatic carbocycles. The highest BCUT2D eigenvalue weighted by Crippen LogP contribution is 2.23. The lowest BCUT2D eigenvalue weighted by Gasteiger charge is -2.13. The third-order valence-electron chi connectivity index (χ3n) is 3.90. The maximum atomic E-state index is 12.7. The Kier molecular flexibility index (Phi) is 4.26. The van der Waals surface area contributed by atoms with E-state index in [-0.39, 0.29) is 23.9 Å². The van der Waals surface area contributed by atoms with Gasteiger partial charge in [-0.2, -0.15) is 0 Å². The van der Waals surface area contributed by atoms with Crippen molar-refractivity contribution in [2.45, 2.75) is 6.92 Å². The van der Waals surface area contributed by atoms with Crippen LogP contribution >= 0.6 is 0 Å². The lowest BCUT2D eigenvalue weighted by molar-refractivity contribution is 0.0588. The molecule has 0 aliphatic heterocycles. The number of hydrogen-bond donors (Lipinski definition) is 0. The van der Waals surface area contributed by atoms with Crippen molar-refractivity contribution in [2.75, 3.05) is 13.7 Å². The van der Waals surface area contributed by atoms with Crippen LogP contribution in [0.4, 0.5) is 0 Å². The van der Waals surface area contributed by atoms with Gasteiger partial charge in [0.05, 0.1) is 24.8 Å². The summed E-state index contributed by atoms with van der Waals surface area (Å²) in [6, 6.07) is 7.56. The molecule has 0 fully saturated rings. The van der Waals surface area contributed by atoms with E-state index >= 15 is 0 Å². The van der Waals surface area contributed by atoms with Crippen LogP contribution in [0, 0.1) is 0 Å². The highest BCUT2D eigenvalue weighted by molar-refractivity contribution is 5.90. The van der Waals surface area contributed by atoms with Gasteiger partial charge in [0.2, 0.25) is 5.75 Å². The Labute approximate surface area is 143 Å². The van der Waals surface area contributed by atoms with E-state index in [2.05, 4.69) is 9.97 Å². The van der Waals surface area contributed by atoms with Gasteiger partial charge in [0.15, 0.2) is 17.3 Å². The van der Waals surface area contributed by atoms with Gasteiger partial charge in [0.25, 0.3) is 5.56 Å². The molecule has 130 valence electrons. The summed E-state index contributed by atoms with van der Waals surface area (Å²) in [5, 5.41) is 0. The van der Waals surface area contributed by atoms with Crippen molar-refractivity contribution in [1.82, 2.24) is 19.1 Å². The molecule has 0 saturated carbocycles. The van der Waals surface area contributed by atoms with Crippen LogP contribution in [-0.4, -0.2) is 38.8 Å². The van der Waals surface area contributed by atoms with Gasteiger partial charge >= 0.3 is 5.97 Å². The van der Waals surface area contributed by atoms with Gasteiger partial charge in [-0.25, -0.2) is 14.8 Å². The van der Waals surface area contributed by atoms with Crippen molar-refractivity contribution in [3.63, 3.8) is 0 Å². The number of methoxy groups -OCH3 is 1. The van der Waals surface area contributed by atoms with Crippen molar-refractivity contribution in [2.24, 2.45) is 14.1 Å². The number of ether oxygens (including phenoxy) is 2. The zero-order chi connectivity index (χ0) is 18.1. The Bertz CT molecular complexity index is 1020. The number of carbonyl (C=O) groups excluding carboxylic acids is 1. The van der Waals surface area contributed by atoms with Crippen LogP contribution in [0.15, 0.2) is 29.1 Å². The fraction of sp³-hybridized carbons (Fsp3) is 0.294. The zero-order valence-electron chi connectivity index (χ0n) is 14.4. The Morgan fingerprint density at radius 1 is 1.12 bits per heavy atom. The number of aromatic nitrogens is 4. The average molecular weight is 342 g/mol. The Morgan fingerprint density at radius 2 is 1.80 bits per heavy atom. The molecule has 0 aliphatic rings. The number of fused-ring (bicyclic) bond motifs is 1. The standard InChI is InChI=1S/C17H18N4O4/c1-5-25-13-12(17(23)24-4)19-15(21(3)16(13)22)14-18-10-8-6-7-9-11(10)20(14)2/h6-9H,5H2,1-4H3. The third-order valence-corrected chi connectivity index (χ3v) is 3.90. The third kappa shape index (κ3) is 2.65. The quantitative estimate of drug-likeness (QED) is 0.668. The molecule has 0 unspecified atom stereocenters. The maximum Gasteiger partial charge on any atom is 0.360 e. The molecule has 0 atom stereocenters. The van der Waals surface area contributed by atoms with Crippen molar-refractivity contribution in [3.8, 4) is 17.4 Å². The van der Waals surface area contributed by atoms with Crippen molar-refractivity contribution < 1.29 is 14.3 Å². The van der Waals surface area contributed by atoms with E-state index in [1.54, 1.807) is 14.0 Å². The molecule has 0 spiro atoms. The van der Waals surface area contributed by atoms with Crippen LogP contribution in [0.2, 0.25) is 0 Å². The topological polar surface area (TPSA) is 88.2 Å². The predicted molar refractivity (Wildman–Crippen MR) is 91.7 cm³/mol. The minimum atomic E-state index is -0.735. The number of aryl methyl sites for hydroxylation is 1. The smallest absolute Gasteiger partial charge is 0.360 e. The first-order valence-electron chi connectivity index (χ1n) is 7.73. The largest absolute Gasteiger partial charge is 0.486 e.